The second kappa shape index (κ2) is 6.59. The van der Waals surface area contributed by atoms with Crippen LogP contribution >= 0.6 is 0 Å². The van der Waals surface area contributed by atoms with Crippen molar-refractivity contribution in [2.24, 2.45) is 0 Å². The molecule has 0 spiro atoms. The van der Waals surface area contributed by atoms with Gasteiger partial charge in [-0.3, -0.25) is 0 Å². The van der Waals surface area contributed by atoms with Crippen molar-refractivity contribution in [1.82, 2.24) is 0 Å². The summed E-state index contributed by atoms with van der Waals surface area (Å²) in [6.07, 6.45) is 3.17. The number of carbonyl (C=O) groups excluding carboxylic acids is 1. The lowest BCUT2D eigenvalue weighted by Gasteiger charge is -2.01. The third-order valence-corrected chi connectivity index (χ3v) is 1.65. The standard InChI is InChI=1S/C11H14O4/c1-4-8(2)11(14)15-7-5-6-9(3)10(12)13/h4,6H,1-2,5,7H2,3H3,(H,12,13). The predicted molar refractivity (Wildman–Crippen MR) is 56.3 cm³/mol. The summed E-state index contributed by atoms with van der Waals surface area (Å²) in [5.41, 5.74) is 0.419. The third-order valence-electron chi connectivity index (χ3n) is 1.65. The van der Waals surface area contributed by atoms with E-state index >= 15 is 0 Å². The van der Waals surface area contributed by atoms with Gasteiger partial charge in [-0.15, -0.1) is 0 Å². The van der Waals surface area contributed by atoms with E-state index < -0.39 is 11.9 Å². The molecule has 0 amide bonds. The van der Waals surface area contributed by atoms with Crippen molar-refractivity contribution in [1.29, 1.82) is 0 Å². The van der Waals surface area contributed by atoms with Gasteiger partial charge in [0.25, 0.3) is 0 Å². The third kappa shape index (κ3) is 5.46. The number of carboxylic acids is 1. The highest BCUT2D eigenvalue weighted by Crippen LogP contribution is 1.99. The van der Waals surface area contributed by atoms with Crippen LogP contribution in [-0.2, 0) is 14.3 Å². The van der Waals surface area contributed by atoms with Crippen molar-refractivity contribution >= 4 is 11.9 Å². The second-order valence-electron chi connectivity index (χ2n) is 2.85. The van der Waals surface area contributed by atoms with Crippen LogP contribution in [0, 0.1) is 0 Å². The van der Waals surface area contributed by atoms with Crippen LogP contribution in [-0.4, -0.2) is 23.7 Å². The molecule has 0 rings (SSSR count). The van der Waals surface area contributed by atoms with E-state index in [1.54, 1.807) is 0 Å². The average Bonchev–Trinajstić information content (AvgIpc) is 2.22. The number of ether oxygens (including phenoxy) is 1. The molecule has 15 heavy (non-hydrogen) atoms. The molecule has 0 saturated heterocycles. The van der Waals surface area contributed by atoms with Crippen LogP contribution in [0.1, 0.15) is 13.3 Å². The van der Waals surface area contributed by atoms with Crippen LogP contribution in [0.25, 0.3) is 0 Å². The second-order valence-corrected chi connectivity index (χ2v) is 2.85. The van der Waals surface area contributed by atoms with Crippen molar-refractivity contribution in [3.8, 4) is 0 Å². The van der Waals surface area contributed by atoms with Crippen molar-refractivity contribution in [2.45, 2.75) is 13.3 Å². The van der Waals surface area contributed by atoms with Crippen LogP contribution < -0.4 is 0 Å². The zero-order valence-electron chi connectivity index (χ0n) is 8.66. The molecule has 0 bridgehead atoms. The van der Waals surface area contributed by atoms with E-state index in [2.05, 4.69) is 13.2 Å². The summed E-state index contributed by atoms with van der Waals surface area (Å²) in [6, 6.07) is 0. The molecule has 0 aliphatic rings. The topological polar surface area (TPSA) is 63.6 Å². The molecule has 0 atom stereocenters. The maximum atomic E-state index is 11.0. The fourth-order valence-electron chi connectivity index (χ4n) is 0.690. The molecule has 0 heterocycles. The Morgan fingerprint density at radius 3 is 2.53 bits per heavy atom. The molecule has 0 radical (unpaired) electrons. The summed E-state index contributed by atoms with van der Waals surface area (Å²) in [5.74, 6) is -1.51. The van der Waals surface area contributed by atoms with E-state index in [0.717, 1.165) is 0 Å². The molecule has 0 fully saturated rings. The first-order valence-corrected chi connectivity index (χ1v) is 4.37. The Morgan fingerprint density at radius 1 is 1.47 bits per heavy atom. The zero-order valence-corrected chi connectivity index (χ0v) is 8.66. The molecular weight excluding hydrogens is 196 g/mol. The van der Waals surface area contributed by atoms with E-state index in [9.17, 15) is 9.59 Å². The molecule has 0 aliphatic carbocycles. The molecule has 0 unspecified atom stereocenters. The number of esters is 1. The van der Waals surface area contributed by atoms with Crippen molar-refractivity contribution in [3.63, 3.8) is 0 Å². The van der Waals surface area contributed by atoms with Gasteiger partial charge in [0.2, 0.25) is 0 Å². The Hall–Kier alpha value is -1.84. The highest BCUT2D eigenvalue weighted by Gasteiger charge is 2.03. The molecule has 1 N–H and O–H groups in total. The summed E-state index contributed by atoms with van der Waals surface area (Å²) in [4.78, 5) is 21.4. The number of carbonyl (C=O) groups is 2. The minimum absolute atomic E-state index is 0.135. The minimum Gasteiger partial charge on any atom is -0.478 e. The maximum absolute atomic E-state index is 11.0. The first-order chi connectivity index (χ1) is 6.99. The van der Waals surface area contributed by atoms with Gasteiger partial charge >= 0.3 is 11.9 Å². The first kappa shape index (κ1) is 13.2. The molecule has 4 heteroatoms. The summed E-state index contributed by atoms with van der Waals surface area (Å²) < 4.78 is 4.78. The van der Waals surface area contributed by atoms with Crippen LogP contribution in [0.15, 0.2) is 36.5 Å². The van der Waals surface area contributed by atoms with Crippen molar-refractivity contribution < 1.29 is 19.4 Å². The Bertz CT molecular complexity index is 313. The molecule has 0 aromatic heterocycles. The van der Waals surface area contributed by atoms with E-state index in [4.69, 9.17) is 9.84 Å². The van der Waals surface area contributed by atoms with Gasteiger partial charge < -0.3 is 9.84 Å². The average molecular weight is 210 g/mol. The normalized spacial score (nSPS) is 10.6. The van der Waals surface area contributed by atoms with E-state index in [1.165, 1.54) is 19.1 Å². The highest BCUT2D eigenvalue weighted by molar-refractivity contribution is 5.90. The smallest absolute Gasteiger partial charge is 0.337 e. The number of hydrogen-bond donors (Lipinski definition) is 1. The number of aliphatic carboxylic acids is 1. The van der Waals surface area contributed by atoms with Crippen LogP contribution in [0.2, 0.25) is 0 Å². The lowest BCUT2D eigenvalue weighted by Crippen LogP contribution is -2.06. The number of hydrogen-bond acceptors (Lipinski definition) is 3. The Kier molecular flexibility index (Phi) is 5.78. The molecule has 0 aliphatic heterocycles. The van der Waals surface area contributed by atoms with Crippen LogP contribution in [0.3, 0.4) is 0 Å². The molecule has 0 aromatic carbocycles. The fraction of sp³-hybridized carbons (Fsp3) is 0.273. The van der Waals surface area contributed by atoms with E-state index in [-0.39, 0.29) is 17.8 Å². The summed E-state index contributed by atoms with van der Waals surface area (Å²) in [6.45, 7) is 8.40. The van der Waals surface area contributed by atoms with E-state index in [0.29, 0.717) is 6.42 Å². The van der Waals surface area contributed by atoms with Gasteiger partial charge in [0, 0.05) is 12.0 Å². The Balaban J connectivity index is 3.86. The van der Waals surface area contributed by atoms with Gasteiger partial charge in [0.05, 0.1) is 12.2 Å². The molecule has 0 aromatic rings. The van der Waals surface area contributed by atoms with Gasteiger partial charge in [0.1, 0.15) is 0 Å². The maximum Gasteiger partial charge on any atom is 0.337 e. The highest BCUT2D eigenvalue weighted by atomic mass is 16.5. The summed E-state index contributed by atoms with van der Waals surface area (Å²) in [5, 5.41) is 8.51. The molecule has 0 saturated carbocycles. The van der Waals surface area contributed by atoms with Crippen LogP contribution in [0.5, 0.6) is 0 Å². The van der Waals surface area contributed by atoms with Gasteiger partial charge in [-0.05, 0) is 6.92 Å². The van der Waals surface area contributed by atoms with Crippen molar-refractivity contribution in [3.05, 3.63) is 36.5 Å². The van der Waals surface area contributed by atoms with Gasteiger partial charge in [-0.25, -0.2) is 9.59 Å². The fourth-order valence-corrected chi connectivity index (χ4v) is 0.690. The SMILES string of the molecule is C=CC(=C)C(=O)OCCC=C(C)C(=O)O. The largest absolute Gasteiger partial charge is 0.478 e. The Labute approximate surface area is 88.6 Å². The molecule has 82 valence electrons. The summed E-state index contributed by atoms with van der Waals surface area (Å²) in [7, 11) is 0. The monoisotopic (exact) mass is 210 g/mol. The van der Waals surface area contributed by atoms with Gasteiger partial charge in [-0.1, -0.05) is 25.3 Å². The van der Waals surface area contributed by atoms with Crippen molar-refractivity contribution in [2.75, 3.05) is 6.61 Å². The molecule has 4 nitrogen and oxygen atoms in total. The van der Waals surface area contributed by atoms with E-state index in [1.807, 2.05) is 0 Å². The quantitative estimate of drug-likeness (QED) is 0.313. The number of rotatable bonds is 6. The predicted octanol–water partition coefficient (Wildman–Crippen LogP) is 1.69. The first-order valence-electron chi connectivity index (χ1n) is 4.37. The van der Waals surface area contributed by atoms with Gasteiger partial charge in [-0.2, -0.15) is 0 Å². The Morgan fingerprint density at radius 2 is 2.07 bits per heavy atom. The minimum atomic E-state index is -0.975. The summed E-state index contributed by atoms with van der Waals surface area (Å²) >= 11 is 0. The van der Waals surface area contributed by atoms with Crippen LogP contribution in [0.4, 0.5) is 0 Å². The molecular formula is C11H14O4. The van der Waals surface area contributed by atoms with Gasteiger partial charge in [0.15, 0.2) is 0 Å². The lowest BCUT2D eigenvalue weighted by molar-refractivity contribution is -0.138. The lowest BCUT2D eigenvalue weighted by atomic mass is 10.2. The zero-order chi connectivity index (χ0) is 11.8. The number of carboxylic acid groups (broad SMARTS) is 1.